The third-order valence-corrected chi connectivity index (χ3v) is 3.67. The molecule has 6 heteroatoms. The van der Waals surface area contributed by atoms with Crippen molar-refractivity contribution in [1.29, 1.82) is 0 Å². The number of aromatic nitrogens is 1. The third kappa shape index (κ3) is 4.76. The standard InChI is InChI=1S/C14H20F3N3/c1-11-3-2-6-18-13(11)9-19-12-4-7-20(8-5-12)10-14(15,16)17/h2-3,6,12,19H,4-5,7-10H2,1H3. The predicted octanol–water partition coefficient (Wildman–Crippen LogP) is 2.51. The van der Waals surface area contributed by atoms with E-state index in [9.17, 15) is 13.2 Å². The van der Waals surface area contributed by atoms with E-state index in [-0.39, 0.29) is 6.04 Å². The molecule has 1 aromatic heterocycles. The van der Waals surface area contributed by atoms with E-state index in [0.29, 0.717) is 19.6 Å². The second kappa shape index (κ2) is 6.54. The minimum atomic E-state index is -4.09. The summed E-state index contributed by atoms with van der Waals surface area (Å²) in [5, 5.41) is 3.39. The maximum atomic E-state index is 12.3. The molecule has 112 valence electrons. The van der Waals surface area contributed by atoms with Gasteiger partial charge in [-0.05, 0) is 44.5 Å². The van der Waals surface area contributed by atoms with E-state index in [1.807, 2.05) is 19.1 Å². The van der Waals surface area contributed by atoms with Crippen LogP contribution < -0.4 is 5.32 Å². The van der Waals surface area contributed by atoms with Crippen molar-refractivity contribution >= 4 is 0 Å². The fourth-order valence-electron chi connectivity index (χ4n) is 2.49. The van der Waals surface area contributed by atoms with Crippen LogP contribution in [0.5, 0.6) is 0 Å². The quantitative estimate of drug-likeness (QED) is 0.922. The number of aryl methyl sites for hydroxylation is 1. The highest BCUT2D eigenvalue weighted by Gasteiger charge is 2.32. The van der Waals surface area contributed by atoms with E-state index in [2.05, 4.69) is 10.3 Å². The fourth-order valence-corrected chi connectivity index (χ4v) is 2.49. The van der Waals surface area contributed by atoms with E-state index in [0.717, 1.165) is 24.1 Å². The molecule has 2 rings (SSSR count). The van der Waals surface area contributed by atoms with Gasteiger partial charge in [-0.15, -0.1) is 0 Å². The predicted molar refractivity (Wildman–Crippen MR) is 71.3 cm³/mol. The number of nitrogens with one attached hydrogen (secondary N) is 1. The first kappa shape index (κ1) is 15.3. The molecule has 0 amide bonds. The fraction of sp³-hybridized carbons (Fsp3) is 0.643. The van der Waals surface area contributed by atoms with Gasteiger partial charge in [0.1, 0.15) is 0 Å². The number of halogens is 3. The average Bonchev–Trinajstić information content (AvgIpc) is 2.38. The summed E-state index contributed by atoms with van der Waals surface area (Å²) in [7, 11) is 0. The van der Waals surface area contributed by atoms with E-state index < -0.39 is 12.7 Å². The lowest BCUT2D eigenvalue weighted by atomic mass is 10.0. The van der Waals surface area contributed by atoms with Crippen molar-refractivity contribution in [3.63, 3.8) is 0 Å². The van der Waals surface area contributed by atoms with Crippen LogP contribution in [0.4, 0.5) is 13.2 Å². The molecular weight excluding hydrogens is 267 g/mol. The molecule has 0 radical (unpaired) electrons. The molecule has 0 unspecified atom stereocenters. The second-order valence-electron chi connectivity index (χ2n) is 5.31. The van der Waals surface area contributed by atoms with Gasteiger partial charge in [0.25, 0.3) is 0 Å². The first-order valence-electron chi connectivity index (χ1n) is 6.87. The van der Waals surface area contributed by atoms with Crippen molar-refractivity contribution in [1.82, 2.24) is 15.2 Å². The van der Waals surface area contributed by atoms with Gasteiger partial charge in [-0.2, -0.15) is 13.2 Å². The number of nitrogens with zero attached hydrogens (tertiary/aromatic N) is 2. The zero-order valence-electron chi connectivity index (χ0n) is 11.6. The molecule has 0 aliphatic carbocycles. The van der Waals surface area contributed by atoms with Crippen molar-refractivity contribution in [3.8, 4) is 0 Å². The molecular formula is C14H20F3N3. The Labute approximate surface area is 117 Å². The number of alkyl halides is 3. The molecule has 0 bridgehead atoms. The van der Waals surface area contributed by atoms with Crippen molar-refractivity contribution in [3.05, 3.63) is 29.6 Å². The molecule has 0 saturated carbocycles. The Morgan fingerprint density at radius 2 is 2.05 bits per heavy atom. The SMILES string of the molecule is Cc1cccnc1CNC1CCN(CC(F)(F)F)CC1. The van der Waals surface area contributed by atoms with Gasteiger partial charge >= 0.3 is 6.18 Å². The Morgan fingerprint density at radius 1 is 1.35 bits per heavy atom. The highest BCUT2D eigenvalue weighted by Crippen LogP contribution is 2.20. The minimum absolute atomic E-state index is 0.279. The Kier molecular flexibility index (Phi) is 4.99. The van der Waals surface area contributed by atoms with Crippen LogP contribution in [0.2, 0.25) is 0 Å². The van der Waals surface area contributed by atoms with Crippen LogP contribution in [-0.2, 0) is 6.54 Å². The van der Waals surface area contributed by atoms with Gasteiger partial charge < -0.3 is 5.32 Å². The summed E-state index contributed by atoms with van der Waals surface area (Å²) < 4.78 is 36.9. The van der Waals surface area contributed by atoms with Crippen LogP contribution in [0.15, 0.2) is 18.3 Å². The Balaban J connectivity index is 1.74. The first-order chi connectivity index (χ1) is 9.44. The van der Waals surface area contributed by atoms with Crippen LogP contribution in [0, 0.1) is 6.92 Å². The van der Waals surface area contributed by atoms with Crippen molar-refractivity contribution in [2.24, 2.45) is 0 Å². The number of pyridine rings is 1. The van der Waals surface area contributed by atoms with Gasteiger partial charge in [0.15, 0.2) is 0 Å². The van der Waals surface area contributed by atoms with Gasteiger partial charge in [0.05, 0.1) is 12.2 Å². The molecule has 3 nitrogen and oxygen atoms in total. The first-order valence-corrected chi connectivity index (χ1v) is 6.87. The van der Waals surface area contributed by atoms with E-state index in [4.69, 9.17) is 0 Å². The summed E-state index contributed by atoms with van der Waals surface area (Å²) in [5.74, 6) is 0. The summed E-state index contributed by atoms with van der Waals surface area (Å²) in [4.78, 5) is 5.78. The van der Waals surface area contributed by atoms with E-state index in [1.165, 1.54) is 4.90 Å². The maximum absolute atomic E-state index is 12.3. The number of piperidine rings is 1. The molecule has 1 saturated heterocycles. The van der Waals surface area contributed by atoms with Crippen LogP contribution in [-0.4, -0.2) is 41.7 Å². The molecule has 1 aliphatic heterocycles. The van der Waals surface area contributed by atoms with Crippen molar-refractivity contribution in [2.45, 2.75) is 38.5 Å². The summed E-state index contributed by atoms with van der Waals surface area (Å²) in [6.45, 7) is 2.89. The molecule has 1 N–H and O–H groups in total. The molecule has 0 atom stereocenters. The lowest BCUT2D eigenvalue weighted by molar-refractivity contribution is -0.148. The van der Waals surface area contributed by atoms with Crippen LogP contribution in [0.3, 0.4) is 0 Å². The van der Waals surface area contributed by atoms with E-state index >= 15 is 0 Å². The van der Waals surface area contributed by atoms with Crippen LogP contribution in [0.1, 0.15) is 24.1 Å². The normalized spacial score (nSPS) is 18.4. The minimum Gasteiger partial charge on any atom is -0.308 e. The summed E-state index contributed by atoms with van der Waals surface area (Å²) in [5.41, 5.74) is 2.14. The van der Waals surface area contributed by atoms with Gasteiger partial charge in [0.2, 0.25) is 0 Å². The van der Waals surface area contributed by atoms with Crippen LogP contribution >= 0.6 is 0 Å². The van der Waals surface area contributed by atoms with Gasteiger partial charge in [0, 0.05) is 18.8 Å². The largest absolute Gasteiger partial charge is 0.401 e. The molecule has 2 heterocycles. The maximum Gasteiger partial charge on any atom is 0.401 e. The Bertz CT molecular complexity index is 426. The third-order valence-electron chi connectivity index (χ3n) is 3.67. The lowest BCUT2D eigenvalue weighted by Crippen LogP contribution is -2.45. The highest BCUT2D eigenvalue weighted by atomic mass is 19.4. The lowest BCUT2D eigenvalue weighted by Gasteiger charge is -2.32. The van der Waals surface area contributed by atoms with Crippen LogP contribution in [0.25, 0.3) is 0 Å². The molecule has 1 fully saturated rings. The molecule has 1 aliphatic rings. The number of hydrogen-bond acceptors (Lipinski definition) is 3. The monoisotopic (exact) mass is 287 g/mol. The summed E-state index contributed by atoms with van der Waals surface area (Å²) in [6, 6.07) is 4.19. The summed E-state index contributed by atoms with van der Waals surface area (Å²) in [6.07, 6.45) is -0.828. The average molecular weight is 287 g/mol. The summed E-state index contributed by atoms with van der Waals surface area (Å²) >= 11 is 0. The molecule has 0 aromatic carbocycles. The van der Waals surface area contributed by atoms with Crippen molar-refractivity contribution in [2.75, 3.05) is 19.6 Å². The van der Waals surface area contributed by atoms with Gasteiger partial charge in [-0.25, -0.2) is 0 Å². The van der Waals surface area contributed by atoms with Gasteiger partial charge in [-0.3, -0.25) is 9.88 Å². The number of rotatable bonds is 4. The van der Waals surface area contributed by atoms with E-state index in [1.54, 1.807) is 6.20 Å². The molecule has 1 aromatic rings. The Hall–Kier alpha value is -1.14. The second-order valence-corrected chi connectivity index (χ2v) is 5.31. The number of hydrogen-bond donors (Lipinski definition) is 1. The Morgan fingerprint density at radius 3 is 2.65 bits per heavy atom. The zero-order valence-corrected chi connectivity index (χ0v) is 11.6. The van der Waals surface area contributed by atoms with Gasteiger partial charge in [-0.1, -0.05) is 6.07 Å². The topological polar surface area (TPSA) is 28.2 Å². The molecule has 20 heavy (non-hydrogen) atoms. The van der Waals surface area contributed by atoms with Crippen molar-refractivity contribution < 1.29 is 13.2 Å². The number of likely N-dealkylation sites (tertiary alicyclic amines) is 1. The smallest absolute Gasteiger partial charge is 0.308 e. The molecule has 0 spiro atoms. The highest BCUT2D eigenvalue weighted by molar-refractivity contribution is 5.17. The zero-order chi connectivity index (χ0) is 14.6.